The van der Waals surface area contributed by atoms with Crippen LogP contribution in [0.15, 0.2) is 29.2 Å². The normalized spacial score (nSPS) is 27.7. The van der Waals surface area contributed by atoms with Crippen molar-refractivity contribution in [3.63, 3.8) is 0 Å². The van der Waals surface area contributed by atoms with Crippen LogP contribution in [0, 0.1) is 18.3 Å². The average Bonchev–Trinajstić information content (AvgIpc) is 2.39. The van der Waals surface area contributed by atoms with Gasteiger partial charge in [0.1, 0.15) is 5.54 Å². The highest BCUT2D eigenvalue weighted by molar-refractivity contribution is 8.00. The number of nitrogens with zero attached hydrogens (tertiary/aromatic N) is 1. The van der Waals surface area contributed by atoms with Crippen molar-refractivity contribution >= 4 is 11.8 Å². The van der Waals surface area contributed by atoms with Crippen molar-refractivity contribution in [1.29, 1.82) is 5.26 Å². The molecule has 2 unspecified atom stereocenters. The average molecular weight is 260 g/mol. The Morgan fingerprint density at radius 1 is 1.50 bits per heavy atom. The molecule has 1 aromatic rings. The second-order valence-corrected chi connectivity index (χ2v) is 6.47. The number of rotatable bonds is 3. The molecule has 0 spiro atoms. The van der Waals surface area contributed by atoms with E-state index in [1.54, 1.807) is 0 Å². The van der Waals surface area contributed by atoms with Crippen LogP contribution in [0.3, 0.4) is 0 Å². The van der Waals surface area contributed by atoms with E-state index in [9.17, 15) is 5.26 Å². The van der Waals surface area contributed by atoms with Gasteiger partial charge in [0.2, 0.25) is 0 Å². The lowest BCUT2D eigenvalue weighted by Crippen LogP contribution is -2.46. The van der Waals surface area contributed by atoms with Gasteiger partial charge in [0.25, 0.3) is 0 Å². The zero-order valence-electron chi connectivity index (χ0n) is 11.1. The molecule has 1 aromatic carbocycles. The fraction of sp³-hybridized carbons (Fsp3) is 0.533. The lowest BCUT2D eigenvalue weighted by atomic mass is 9.83. The standard InChI is InChI=1S/C15H20N2S/c1-12-5-3-6-13(9-12)18-14-7-4-8-15(10-14,11-16)17-2/h3,5-6,9,14,17H,4,7-8,10H2,1-2H3. The number of benzene rings is 1. The topological polar surface area (TPSA) is 35.8 Å². The molecule has 0 radical (unpaired) electrons. The summed E-state index contributed by atoms with van der Waals surface area (Å²) in [5.41, 5.74) is 0.996. The van der Waals surface area contributed by atoms with Crippen LogP contribution in [0.4, 0.5) is 0 Å². The second-order valence-electron chi connectivity index (χ2n) is 5.10. The van der Waals surface area contributed by atoms with Crippen molar-refractivity contribution in [2.24, 2.45) is 0 Å². The Morgan fingerprint density at radius 3 is 3.00 bits per heavy atom. The summed E-state index contributed by atoms with van der Waals surface area (Å²) in [5.74, 6) is 0. The van der Waals surface area contributed by atoms with Gasteiger partial charge in [-0.2, -0.15) is 5.26 Å². The Hall–Kier alpha value is -0.980. The smallest absolute Gasteiger partial charge is 0.107 e. The first-order chi connectivity index (χ1) is 8.67. The van der Waals surface area contributed by atoms with Crippen LogP contribution in [0.2, 0.25) is 0 Å². The maximum Gasteiger partial charge on any atom is 0.107 e. The van der Waals surface area contributed by atoms with Crippen LogP contribution in [-0.2, 0) is 0 Å². The van der Waals surface area contributed by atoms with E-state index in [0.717, 1.165) is 19.3 Å². The minimum atomic E-state index is -0.306. The molecule has 2 nitrogen and oxygen atoms in total. The number of thioether (sulfide) groups is 1. The Morgan fingerprint density at radius 2 is 2.33 bits per heavy atom. The first kappa shape index (κ1) is 13.5. The predicted molar refractivity (Wildman–Crippen MR) is 76.7 cm³/mol. The van der Waals surface area contributed by atoms with Gasteiger partial charge < -0.3 is 5.32 Å². The Bertz CT molecular complexity index is 452. The molecule has 0 aromatic heterocycles. The summed E-state index contributed by atoms with van der Waals surface area (Å²) < 4.78 is 0. The van der Waals surface area contributed by atoms with Crippen molar-refractivity contribution in [3.8, 4) is 6.07 Å². The zero-order valence-corrected chi connectivity index (χ0v) is 11.9. The first-order valence-electron chi connectivity index (χ1n) is 6.51. The third-order valence-electron chi connectivity index (χ3n) is 3.69. The molecule has 0 bridgehead atoms. The SMILES string of the molecule is CNC1(C#N)CCCC(Sc2cccc(C)c2)C1. The molecule has 1 aliphatic carbocycles. The Kier molecular flexibility index (Phi) is 4.31. The summed E-state index contributed by atoms with van der Waals surface area (Å²) in [7, 11) is 1.91. The minimum absolute atomic E-state index is 0.306. The van der Waals surface area contributed by atoms with E-state index in [1.165, 1.54) is 16.9 Å². The Labute approximate surface area is 114 Å². The van der Waals surface area contributed by atoms with Crippen molar-refractivity contribution in [1.82, 2.24) is 5.32 Å². The maximum atomic E-state index is 9.35. The van der Waals surface area contributed by atoms with Gasteiger partial charge in [0.05, 0.1) is 6.07 Å². The fourth-order valence-electron chi connectivity index (χ4n) is 2.59. The molecular weight excluding hydrogens is 240 g/mol. The van der Waals surface area contributed by atoms with E-state index in [4.69, 9.17) is 0 Å². The molecule has 0 saturated heterocycles. The van der Waals surface area contributed by atoms with E-state index in [0.29, 0.717) is 5.25 Å². The van der Waals surface area contributed by atoms with Crippen molar-refractivity contribution in [2.45, 2.75) is 48.3 Å². The van der Waals surface area contributed by atoms with E-state index >= 15 is 0 Å². The van der Waals surface area contributed by atoms with Crippen LogP contribution in [-0.4, -0.2) is 17.8 Å². The van der Waals surface area contributed by atoms with Gasteiger partial charge in [-0.05, 0) is 51.8 Å². The van der Waals surface area contributed by atoms with Crippen LogP contribution < -0.4 is 5.32 Å². The Balaban J connectivity index is 2.04. The lowest BCUT2D eigenvalue weighted by molar-refractivity contribution is 0.323. The van der Waals surface area contributed by atoms with E-state index in [2.05, 4.69) is 42.6 Å². The van der Waals surface area contributed by atoms with Crippen LogP contribution in [0.25, 0.3) is 0 Å². The molecule has 2 rings (SSSR count). The summed E-state index contributed by atoms with van der Waals surface area (Å²) in [5, 5.41) is 13.1. The molecule has 0 amide bonds. The predicted octanol–water partition coefficient (Wildman–Crippen LogP) is 3.51. The summed E-state index contributed by atoms with van der Waals surface area (Å²) >= 11 is 1.92. The highest BCUT2D eigenvalue weighted by Gasteiger charge is 2.35. The number of hydrogen-bond acceptors (Lipinski definition) is 3. The van der Waals surface area contributed by atoms with Crippen molar-refractivity contribution in [2.75, 3.05) is 7.05 Å². The molecule has 1 N–H and O–H groups in total. The molecule has 2 atom stereocenters. The molecule has 1 aliphatic rings. The van der Waals surface area contributed by atoms with Gasteiger partial charge in [-0.25, -0.2) is 0 Å². The van der Waals surface area contributed by atoms with E-state index < -0.39 is 0 Å². The highest BCUT2D eigenvalue weighted by atomic mass is 32.2. The number of aryl methyl sites for hydroxylation is 1. The number of nitrogens with one attached hydrogen (secondary N) is 1. The van der Waals surface area contributed by atoms with Crippen LogP contribution >= 0.6 is 11.8 Å². The third kappa shape index (κ3) is 3.07. The zero-order chi connectivity index (χ0) is 13.0. The molecular formula is C15H20N2S. The van der Waals surface area contributed by atoms with Crippen molar-refractivity contribution < 1.29 is 0 Å². The summed E-state index contributed by atoms with van der Waals surface area (Å²) in [6.07, 6.45) is 4.27. The largest absolute Gasteiger partial charge is 0.302 e. The van der Waals surface area contributed by atoms with E-state index in [-0.39, 0.29) is 5.54 Å². The molecule has 18 heavy (non-hydrogen) atoms. The van der Waals surface area contributed by atoms with Crippen molar-refractivity contribution in [3.05, 3.63) is 29.8 Å². The number of nitriles is 1. The molecule has 96 valence electrons. The summed E-state index contributed by atoms with van der Waals surface area (Å²) in [4.78, 5) is 1.32. The first-order valence-corrected chi connectivity index (χ1v) is 7.39. The summed E-state index contributed by atoms with van der Waals surface area (Å²) in [6.45, 7) is 2.12. The molecule has 1 fully saturated rings. The van der Waals surface area contributed by atoms with E-state index in [1.807, 2.05) is 18.8 Å². The lowest BCUT2D eigenvalue weighted by Gasteiger charge is -2.35. The molecule has 1 saturated carbocycles. The second kappa shape index (κ2) is 5.77. The number of hydrogen-bond donors (Lipinski definition) is 1. The van der Waals surface area contributed by atoms with Gasteiger partial charge in [-0.3, -0.25) is 0 Å². The molecule has 0 heterocycles. The monoisotopic (exact) mass is 260 g/mol. The van der Waals surface area contributed by atoms with Gasteiger partial charge in [0, 0.05) is 10.1 Å². The molecule has 0 aliphatic heterocycles. The van der Waals surface area contributed by atoms with Crippen LogP contribution in [0.5, 0.6) is 0 Å². The summed E-state index contributed by atoms with van der Waals surface area (Å²) in [6, 6.07) is 11.1. The third-order valence-corrected chi connectivity index (χ3v) is 4.95. The maximum absolute atomic E-state index is 9.35. The van der Waals surface area contributed by atoms with Gasteiger partial charge in [0.15, 0.2) is 0 Å². The molecule has 3 heteroatoms. The fourth-order valence-corrected chi connectivity index (χ4v) is 4.04. The van der Waals surface area contributed by atoms with Gasteiger partial charge >= 0.3 is 0 Å². The van der Waals surface area contributed by atoms with Crippen LogP contribution in [0.1, 0.15) is 31.2 Å². The van der Waals surface area contributed by atoms with Gasteiger partial charge in [-0.15, -0.1) is 11.8 Å². The quantitative estimate of drug-likeness (QED) is 0.903. The highest BCUT2D eigenvalue weighted by Crippen LogP contribution is 2.38. The minimum Gasteiger partial charge on any atom is -0.302 e. The van der Waals surface area contributed by atoms with Gasteiger partial charge in [-0.1, -0.05) is 17.7 Å².